The average Bonchev–Trinajstić information content (AvgIpc) is 3.49. The number of rotatable bonds is 6. The van der Waals surface area contributed by atoms with E-state index in [2.05, 4.69) is 26.6 Å². The Labute approximate surface area is 222 Å². The highest BCUT2D eigenvalue weighted by atomic mass is 32.1. The van der Waals surface area contributed by atoms with Gasteiger partial charge in [-0.1, -0.05) is 6.07 Å². The molecule has 5 rings (SSSR count). The number of nitrogens with one attached hydrogen (secondary N) is 1. The lowest BCUT2D eigenvalue weighted by molar-refractivity contribution is -0.118. The summed E-state index contributed by atoms with van der Waals surface area (Å²) in [6.45, 7) is 8.58. The molecule has 37 heavy (non-hydrogen) atoms. The number of nitrogens with two attached hydrogens (primary N) is 1. The van der Waals surface area contributed by atoms with Crippen molar-refractivity contribution in [3.63, 3.8) is 0 Å². The van der Waals surface area contributed by atoms with Crippen molar-refractivity contribution in [1.29, 1.82) is 0 Å². The van der Waals surface area contributed by atoms with Gasteiger partial charge < -0.3 is 25.1 Å². The van der Waals surface area contributed by atoms with E-state index in [9.17, 15) is 9.59 Å². The Bertz CT molecular complexity index is 1270. The zero-order chi connectivity index (χ0) is 26.7. The number of likely N-dealkylation sites (tertiary alicyclic amines) is 1. The molecular formula is C28H36N4O4S. The van der Waals surface area contributed by atoms with E-state index in [0.29, 0.717) is 30.2 Å². The molecule has 1 amide bonds. The fraction of sp³-hybridized carbons (Fsp3) is 0.429. The lowest BCUT2D eigenvalue weighted by Gasteiger charge is -2.30. The zero-order valence-corrected chi connectivity index (χ0v) is 23.0. The maximum atomic E-state index is 13.2. The number of ether oxygens (including phenoxy) is 2. The number of carbonyl (C=O) groups is 2. The molecule has 1 fully saturated rings. The Balaban J connectivity index is 0.00000156. The van der Waals surface area contributed by atoms with Gasteiger partial charge in [-0.15, -0.1) is 11.3 Å². The highest BCUT2D eigenvalue weighted by Crippen LogP contribution is 2.44. The van der Waals surface area contributed by atoms with Crippen LogP contribution in [0, 0.1) is 0 Å². The second-order valence-electron chi connectivity index (χ2n) is 10.1. The zero-order valence-electron chi connectivity index (χ0n) is 22.2. The van der Waals surface area contributed by atoms with Gasteiger partial charge in [0.25, 0.3) is 0 Å². The molecule has 8 nitrogen and oxygen atoms in total. The number of carbonyl (C=O) groups excluding carboxylic acids is 2. The predicted molar refractivity (Wildman–Crippen MR) is 148 cm³/mol. The van der Waals surface area contributed by atoms with E-state index in [1.165, 1.54) is 7.05 Å². The van der Waals surface area contributed by atoms with Gasteiger partial charge in [-0.2, -0.15) is 0 Å². The molecule has 3 aromatic rings. The van der Waals surface area contributed by atoms with Crippen molar-refractivity contribution >= 4 is 28.9 Å². The molecule has 0 spiro atoms. The third-order valence-corrected chi connectivity index (χ3v) is 7.27. The van der Waals surface area contributed by atoms with E-state index in [1.54, 1.807) is 18.4 Å². The molecule has 0 aliphatic carbocycles. The molecule has 0 atom stereocenters. The topological polar surface area (TPSA) is 98.8 Å². The number of hydrogen-bond acceptors (Lipinski definition) is 7. The molecule has 2 aliphatic heterocycles. The largest absolute Gasteiger partial charge is 0.495 e. The lowest BCUT2D eigenvalue weighted by Crippen LogP contribution is -2.42. The first-order valence-electron chi connectivity index (χ1n) is 12.6. The minimum atomic E-state index is -0.585. The Hall–Kier alpha value is -3.14. The molecule has 3 N–H and O–H groups in total. The molecule has 1 aromatic carbocycles. The summed E-state index contributed by atoms with van der Waals surface area (Å²) < 4.78 is 13.4. The third kappa shape index (κ3) is 5.74. The molecule has 0 saturated carbocycles. The van der Waals surface area contributed by atoms with Crippen LogP contribution in [0.5, 0.6) is 5.75 Å². The third-order valence-electron chi connectivity index (χ3n) is 6.37. The van der Waals surface area contributed by atoms with Gasteiger partial charge in [0.2, 0.25) is 5.91 Å². The summed E-state index contributed by atoms with van der Waals surface area (Å²) in [7, 11) is 3.12. The normalized spacial score (nSPS) is 14.4. The summed E-state index contributed by atoms with van der Waals surface area (Å²) >= 11 is 1.63. The smallest absolute Gasteiger partial charge is 0.355 e. The summed E-state index contributed by atoms with van der Waals surface area (Å²) in [5.74, 6) is 0.259. The number of hydrogen-bond donors (Lipinski definition) is 2. The second-order valence-corrected chi connectivity index (χ2v) is 11.0. The molecule has 1 saturated heterocycles. The number of fused-ring (bicyclic) bond motifs is 3. The SMILES string of the molecule is CN.COc1cc2c(cc1NC(=O)CN1CCC1)-c1c(-c3cccs3)cc(C(=O)OC(C)(C)C)n1CC2. The summed E-state index contributed by atoms with van der Waals surface area (Å²) in [6.07, 6.45) is 1.88. The van der Waals surface area contributed by atoms with E-state index < -0.39 is 5.60 Å². The van der Waals surface area contributed by atoms with Crippen molar-refractivity contribution in [2.45, 2.75) is 45.8 Å². The van der Waals surface area contributed by atoms with Gasteiger partial charge in [0.05, 0.1) is 25.0 Å². The number of benzene rings is 1. The van der Waals surface area contributed by atoms with Gasteiger partial charge in [-0.25, -0.2) is 4.79 Å². The van der Waals surface area contributed by atoms with Crippen molar-refractivity contribution < 1.29 is 19.1 Å². The Morgan fingerprint density at radius 2 is 1.86 bits per heavy atom. The average molecular weight is 525 g/mol. The van der Waals surface area contributed by atoms with E-state index >= 15 is 0 Å². The lowest BCUT2D eigenvalue weighted by atomic mass is 9.94. The van der Waals surface area contributed by atoms with Gasteiger partial charge in [-0.3, -0.25) is 9.69 Å². The van der Waals surface area contributed by atoms with Crippen LogP contribution in [0.15, 0.2) is 35.7 Å². The van der Waals surface area contributed by atoms with Crippen molar-refractivity contribution in [1.82, 2.24) is 9.47 Å². The van der Waals surface area contributed by atoms with Gasteiger partial charge in [0.15, 0.2) is 0 Å². The Kier molecular flexibility index (Phi) is 8.06. The van der Waals surface area contributed by atoms with Crippen LogP contribution in [0.4, 0.5) is 5.69 Å². The van der Waals surface area contributed by atoms with Crippen molar-refractivity contribution in [2.75, 3.05) is 39.1 Å². The monoisotopic (exact) mass is 524 g/mol. The van der Waals surface area contributed by atoms with E-state index in [1.807, 2.05) is 50.4 Å². The van der Waals surface area contributed by atoms with Crippen molar-refractivity contribution in [2.24, 2.45) is 5.73 Å². The van der Waals surface area contributed by atoms with Crippen LogP contribution in [-0.4, -0.2) is 60.7 Å². The van der Waals surface area contributed by atoms with Crippen molar-refractivity contribution in [3.05, 3.63) is 47.0 Å². The molecule has 0 bridgehead atoms. The number of amides is 1. The fourth-order valence-corrected chi connectivity index (χ4v) is 5.41. The highest BCUT2D eigenvalue weighted by molar-refractivity contribution is 7.13. The number of anilines is 1. The van der Waals surface area contributed by atoms with Crippen LogP contribution in [-0.2, 0) is 22.5 Å². The highest BCUT2D eigenvalue weighted by Gasteiger charge is 2.30. The summed E-state index contributed by atoms with van der Waals surface area (Å²) in [5, 5.41) is 5.09. The van der Waals surface area contributed by atoms with Gasteiger partial charge in [0.1, 0.15) is 17.0 Å². The minimum Gasteiger partial charge on any atom is -0.495 e. The van der Waals surface area contributed by atoms with E-state index in [4.69, 9.17) is 9.47 Å². The van der Waals surface area contributed by atoms with Crippen LogP contribution in [0.1, 0.15) is 43.2 Å². The van der Waals surface area contributed by atoms with Gasteiger partial charge in [0, 0.05) is 22.5 Å². The molecule has 0 unspecified atom stereocenters. The number of thiophene rings is 1. The first-order valence-corrected chi connectivity index (χ1v) is 13.4. The molecule has 9 heteroatoms. The predicted octanol–water partition coefficient (Wildman–Crippen LogP) is 4.62. The van der Waals surface area contributed by atoms with Crippen LogP contribution in [0.2, 0.25) is 0 Å². The summed E-state index contributed by atoms with van der Waals surface area (Å²) in [6, 6.07) is 10.0. The molecule has 4 heterocycles. The number of esters is 1. The minimum absolute atomic E-state index is 0.0536. The number of aryl methyl sites for hydroxylation is 1. The molecule has 0 radical (unpaired) electrons. The summed E-state index contributed by atoms with van der Waals surface area (Å²) in [5.41, 5.74) is 9.18. The first-order chi connectivity index (χ1) is 17.7. The second kappa shape index (κ2) is 11.1. The Morgan fingerprint density at radius 1 is 1.11 bits per heavy atom. The maximum Gasteiger partial charge on any atom is 0.355 e. The number of nitrogens with zero attached hydrogens (tertiary/aromatic N) is 2. The van der Waals surface area contributed by atoms with Gasteiger partial charge in [-0.05, 0) is 89.0 Å². The maximum absolute atomic E-state index is 13.2. The van der Waals surface area contributed by atoms with E-state index in [-0.39, 0.29) is 11.9 Å². The van der Waals surface area contributed by atoms with Crippen molar-refractivity contribution in [3.8, 4) is 27.4 Å². The van der Waals surface area contributed by atoms with Crippen LogP contribution < -0.4 is 15.8 Å². The van der Waals surface area contributed by atoms with Gasteiger partial charge >= 0.3 is 5.97 Å². The summed E-state index contributed by atoms with van der Waals surface area (Å²) in [4.78, 5) is 29.1. The Morgan fingerprint density at radius 3 is 2.46 bits per heavy atom. The van der Waals surface area contributed by atoms with E-state index in [0.717, 1.165) is 53.2 Å². The molecular weight excluding hydrogens is 488 g/mol. The fourth-order valence-electron chi connectivity index (χ4n) is 4.67. The quantitative estimate of drug-likeness (QED) is 0.457. The van der Waals surface area contributed by atoms with Crippen LogP contribution in [0.25, 0.3) is 21.7 Å². The molecule has 2 aliphatic rings. The molecule has 2 aromatic heterocycles. The first kappa shape index (κ1) is 26.9. The van der Waals surface area contributed by atoms with Crippen LogP contribution in [0.3, 0.4) is 0 Å². The van der Waals surface area contributed by atoms with Crippen LogP contribution >= 0.6 is 11.3 Å². The molecule has 198 valence electrons. The standard InChI is InChI=1S/C27H31N3O4S.CH5N/c1-27(2,3)34-26(32)21-15-19(23-7-5-12-35-23)25-18-14-20(28-24(31)16-29-9-6-10-29)22(33-4)13-17(18)8-11-30(21)25;1-2/h5,7,12-15H,6,8-11,16H2,1-4H3,(H,28,31);2H2,1H3. The number of aromatic nitrogens is 1. The number of methoxy groups -OCH3 is 1.